The molecule has 3 rings (SSSR count). The molecule has 0 unspecified atom stereocenters. The Balaban J connectivity index is 1.63. The second-order valence-corrected chi connectivity index (χ2v) is 6.34. The number of hydrogen-bond donors (Lipinski definition) is 3. The van der Waals surface area contributed by atoms with E-state index in [1.54, 1.807) is 36.4 Å². The van der Waals surface area contributed by atoms with Crippen molar-refractivity contribution >= 4 is 22.8 Å². The van der Waals surface area contributed by atoms with Crippen LogP contribution >= 0.6 is 0 Å². The summed E-state index contributed by atoms with van der Waals surface area (Å²) in [4.78, 5) is 40.3. The fourth-order valence-electron chi connectivity index (χ4n) is 2.82. The molecule has 3 N–H and O–H groups in total. The van der Waals surface area contributed by atoms with E-state index in [9.17, 15) is 24.6 Å². The molecule has 8 nitrogen and oxygen atoms in total. The van der Waals surface area contributed by atoms with Crippen LogP contribution < -0.4 is 10.9 Å². The van der Waals surface area contributed by atoms with Gasteiger partial charge < -0.3 is 15.5 Å². The van der Waals surface area contributed by atoms with Crippen molar-refractivity contribution in [3.63, 3.8) is 0 Å². The number of phenolic OH excluding ortho intramolecular Hbond substituents is 1. The van der Waals surface area contributed by atoms with E-state index < -0.39 is 17.9 Å². The quantitative estimate of drug-likeness (QED) is 0.567. The van der Waals surface area contributed by atoms with Crippen molar-refractivity contribution in [1.29, 1.82) is 0 Å². The van der Waals surface area contributed by atoms with E-state index in [2.05, 4.69) is 10.3 Å². The number of benzene rings is 2. The van der Waals surface area contributed by atoms with Gasteiger partial charge in [0.15, 0.2) is 0 Å². The lowest BCUT2D eigenvalue weighted by Gasteiger charge is -2.15. The Hall–Kier alpha value is -3.68. The van der Waals surface area contributed by atoms with Gasteiger partial charge in [-0.25, -0.2) is 9.78 Å². The van der Waals surface area contributed by atoms with Crippen LogP contribution in [-0.2, 0) is 22.6 Å². The lowest BCUT2D eigenvalue weighted by atomic mass is 10.1. The van der Waals surface area contributed by atoms with Crippen molar-refractivity contribution < 1.29 is 19.8 Å². The fourth-order valence-corrected chi connectivity index (χ4v) is 2.82. The minimum absolute atomic E-state index is 0.0563. The summed E-state index contributed by atoms with van der Waals surface area (Å²) in [5.74, 6) is -1.56. The number of para-hydroxylation sites is 1. The first-order chi connectivity index (χ1) is 13.4. The predicted octanol–water partition coefficient (Wildman–Crippen LogP) is 1.30. The summed E-state index contributed by atoms with van der Waals surface area (Å²) in [6.07, 6.45) is 1.40. The maximum atomic E-state index is 12.4. The van der Waals surface area contributed by atoms with Gasteiger partial charge in [-0.1, -0.05) is 24.3 Å². The molecule has 1 atom stereocenters. The molecule has 3 aromatic rings. The molecule has 0 fully saturated rings. The van der Waals surface area contributed by atoms with Gasteiger partial charge in [-0.3, -0.25) is 14.2 Å². The highest BCUT2D eigenvalue weighted by Crippen LogP contribution is 2.11. The van der Waals surface area contributed by atoms with Gasteiger partial charge in [-0.2, -0.15) is 0 Å². The number of aryl methyl sites for hydroxylation is 1. The van der Waals surface area contributed by atoms with E-state index in [0.717, 1.165) is 0 Å². The highest BCUT2D eigenvalue weighted by molar-refractivity contribution is 5.83. The molecule has 0 bridgehead atoms. The number of aliphatic carboxylic acids is 1. The first-order valence-corrected chi connectivity index (χ1v) is 8.68. The molecule has 0 aliphatic rings. The number of amides is 1. The number of carboxylic acids is 1. The molecule has 0 aliphatic heterocycles. The zero-order chi connectivity index (χ0) is 20.1. The van der Waals surface area contributed by atoms with Crippen LogP contribution in [0.5, 0.6) is 5.75 Å². The molecule has 144 valence electrons. The minimum Gasteiger partial charge on any atom is -0.508 e. The number of phenols is 1. The molecule has 0 aliphatic carbocycles. The lowest BCUT2D eigenvalue weighted by molar-refractivity contribution is -0.141. The normalized spacial score (nSPS) is 11.9. The van der Waals surface area contributed by atoms with Crippen molar-refractivity contribution in [2.75, 3.05) is 0 Å². The van der Waals surface area contributed by atoms with Crippen LogP contribution in [0.3, 0.4) is 0 Å². The Bertz CT molecular complexity index is 1060. The number of nitrogens with zero attached hydrogens (tertiary/aromatic N) is 2. The molecule has 0 spiro atoms. The second kappa shape index (κ2) is 8.34. The number of hydrogen-bond acceptors (Lipinski definition) is 5. The monoisotopic (exact) mass is 381 g/mol. The molecule has 2 aromatic carbocycles. The van der Waals surface area contributed by atoms with Crippen LogP contribution in [0.2, 0.25) is 0 Å². The second-order valence-electron chi connectivity index (χ2n) is 6.34. The number of carbonyl (C=O) groups excluding carboxylic acids is 1. The van der Waals surface area contributed by atoms with Crippen LogP contribution in [-0.4, -0.2) is 37.7 Å². The Morgan fingerprint density at radius 2 is 1.82 bits per heavy atom. The van der Waals surface area contributed by atoms with Crippen molar-refractivity contribution in [3.05, 3.63) is 70.8 Å². The van der Waals surface area contributed by atoms with Crippen LogP contribution in [0.1, 0.15) is 12.0 Å². The van der Waals surface area contributed by atoms with Crippen molar-refractivity contribution in [3.8, 4) is 5.75 Å². The number of aromatic hydroxyl groups is 1. The predicted molar refractivity (Wildman–Crippen MR) is 102 cm³/mol. The summed E-state index contributed by atoms with van der Waals surface area (Å²) < 4.78 is 1.33. The average Bonchev–Trinajstić information content (AvgIpc) is 2.68. The SMILES string of the molecule is O=C(CCn1cnc2ccccc2c1=O)N[C@@H](Cc1ccc(O)cc1)C(=O)O. The number of carbonyl (C=O) groups is 2. The molecular weight excluding hydrogens is 362 g/mol. The Morgan fingerprint density at radius 3 is 2.54 bits per heavy atom. The first-order valence-electron chi connectivity index (χ1n) is 8.68. The number of nitrogens with one attached hydrogen (secondary N) is 1. The third-order valence-electron chi connectivity index (χ3n) is 4.32. The number of aromatic nitrogens is 2. The Labute approximate surface area is 160 Å². The summed E-state index contributed by atoms with van der Waals surface area (Å²) >= 11 is 0. The topological polar surface area (TPSA) is 122 Å². The van der Waals surface area contributed by atoms with Crippen LogP contribution in [0.25, 0.3) is 10.9 Å². The molecule has 1 amide bonds. The molecule has 1 aromatic heterocycles. The first kappa shape index (κ1) is 19.1. The maximum absolute atomic E-state index is 12.4. The minimum atomic E-state index is -1.16. The van der Waals surface area contributed by atoms with Gasteiger partial charge in [0, 0.05) is 19.4 Å². The summed E-state index contributed by atoms with van der Waals surface area (Å²) in [5.41, 5.74) is 0.991. The number of fused-ring (bicyclic) bond motifs is 1. The Morgan fingerprint density at radius 1 is 1.11 bits per heavy atom. The summed E-state index contributed by atoms with van der Waals surface area (Å²) in [7, 11) is 0. The van der Waals surface area contributed by atoms with Crippen LogP contribution in [0.15, 0.2) is 59.7 Å². The van der Waals surface area contributed by atoms with Gasteiger partial charge in [0.05, 0.1) is 17.2 Å². The van der Waals surface area contributed by atoms with Gasteiger partial charge >= 0.3 is 5.97 Å². The van der Waals surface area contributed by atoms with Gasteiger partial charge in [-0.05, 0) is 29.8 Å². The number of rotatable bonds is 7. The average molecular weight is 381 g/mol. The molecule has 8 heteroatoms. The largest absolute Gasteiger partial charge is 0.508 e. The maximum Gasteiger partial charge on any atom is 0.326 e. The molecule has 0 saturated carbocycles. The molecular formula is C20H19N3O5. The highest BCUT2D eigenvalue weighted by Gasteiger charge is 2.20. The third kappa shape index (κ3) is 4.53. The number of carboxylic acid groups (broad SMARTS) is 1. The standard InChI is InChI=1S/C20H19N3O5/c24-14-7-5-13(6-8-14)11-17(20(27)28)22-18(25)9-10-23-12-21-16-4-2-1-3-15(16)19(23)26/h1-8,12,17,24H,9-11H2,(H,22,25)(H,27,28)/t17-/m0/s1. The van der Waals surface area contributed by atoms with Crippen molar-refractivity contribution in [2.24, 2.45) is 0 Å². The Kier molecular flexibility index (Phi) is 5.69. The van der Waals surface area contributed by atoms with Crippen molar-refractivity contribution in [2.45, 2.75) is 25.4 Å². The smallest absolute Gasteiger partial charge is 0.326 e. The zero-order valence-corrected chi connectivity index (χ0v) is 14.9. The molecule has 0 radical (unpaired) electrons. The molecule has 0 saturated heterocycles. The van der Waals surface area contributed by atoms with E-state index in [-0.39, 0.29) is 30.7 Å². The third-order valence-corrected chi connectivity index (χ3v) is 4.32. The van der Waals surface area contributed by atoms with Crippen LogP contribution in [0, 0.1) is 0 Å². The van der Waals surface area contributed by atoms with Gasteiger partial charge in [0.1, 0.15) is 11.8 Å². The van der Waals surface area contributed by atoms with E-state index >= 15 is 0 Å². The summed E-state index contributed by atoms with van der Waals surface area (Å²) in [5, 5.41) is 21.6. The van der Waals surface area contributed by atoms with Gasteiger partial charge in [0.25, 0.3) is 5.56 Å². The van der Waals surface area contributed by atoms with Crippen LogP contribution in [0.4, 0.5) is 0 Å². The van der Waals surface area contributed by atoms with E-state index in [1.165, 1.54) is 23.0 Å². The lowest BCUT2D eigenvalue weighted by Crippen LogP contribution is -2.42. The molecule has 28 heavy (non-hydrogen) atoms. The summed E-state index contributed by atoms with van der Waals surface area (Å²) in [6.45, 7) is 0.0913. The van der Waals surface area contributed by atoms with E-state index in [4.69, 9.17) is 0 Å². The van der Waals surface area contributed by atoms with Gasteiger partial charge in [-0.15, -0.1) is 0 Å². The van der Waals surface area contributed by atoms with Gasteiger partial charge in [0.2, 0.25) is 5.91 Å². The van der Waals surface area contributed by atoms with E-state index in [0.29, 0.717) is 16.5 Å². The fraction of sp³-hybridized carbons (Fsp3) is 0.200. The molecule has 1 heterocycles. The highest BCUT2D eigenvalue weighted by atomic mass is 16.4. The van der Waals surface area contributed by atoms with Crippen molar-refractivity contribution in [1.82, 2.24) is 14.9 Å². The zero-order valence-electron chi connectivity index (χ0n) is 14.9. The van der Waals surface area contributed by atoms with E-state index in [1.807, 2.05) is 0 Å². The summed E-state index contributed by atoms with van der Waals surface area (Å²) in [6, 6.07) is 11.9.